The van der Waals surface area contributed by atoms with Crippen LogP contribution in [0.25, 0.3) is 0 Å². The molecule has 1 aliphatic rings. The highest BCUT2D eigenvalue weighted by atomic mass is 19.3. The number of aromatic carboxylic acids is 1. The summed E-state index contributed by atoms with van der Waals surface area (Å²) in [5.74, 6) is -1.35. The number of carboxylic acids is 1. The third kappa shape index (κ3) is 1.79. The average molecular weight is 230 g/mol. The topological polar surface area (TPSA) is 55.1 Å². The smallest absolute Gasteiger partial charge is 0.339 e. The molecule has 0 spiro atoms. The van der Waals surface area contributed by atoms with Gasteiger partial charge in [-0.25, -0.2) is 13.6 Å². The molecular weight excluding hydrogens is 218 g/mol. The molecule has 0 saturated heterocycles. The van der Waals surface area contributed by atoms with Gasteiger partial charge in [-0.1, -0.05) is 12.8 Å². The molecule has 0 atom stereocenters. The largest absolute Gasteiger partial charge is 0.478 e. The Hall–Kier alpha value is -1.46. The first-order valence-corrected chi connectivity index (χ1v) is 5.20. The summed E-state index contributed by atoms with van der Waals surface area (Å²) >= 11 is 0. The summed E-state index contributed by atoms with van der Waals surface area (Å²) < 4.78 is 26.8. The van der Waals surface area contributed by atoms with Crippen molar-refractivity contribution in [1.29, 1.82) is 0 Å². The van der Waals surface area contributed by atoms with Crippen LogP contribution in [0.1, 0.15) is 54.2 Å². The highest BCUT2D eigenvalue weighted by Crippen LogP contribution is 2.33. The summed E-state index contributed by atoms with van der Waals surface area (Å²) in [6.45, 7) is 0. The summed E-state index contributed by atoms with van der Waals surface area (Å²) in [6.07, 6.45) is 1.77. The lowest BCUT2D eigenvalue weighted by Crippen LogP contribution is -2.13. The standard InChI is InChI=1S/C10H12F2N2O2/c11-9(12)8-7(10(15)16)5-13-14(8)6-3-1-2-4-6/h5-6,9H,1-4H2,(H,15,16). The van der Waals surface area contributed by atoms with Gasteiger partial charge >= 0.3 is 5.97 Å². The van der Waals surface area contributed by atoms with Crippen molar-refractivity contribution in [2.24, 2.45) is 0 Å². The first-order chi connectivity index (χ1) is 7.61. The van der Waals surface area contributed by atoms with E-state index in [9.17, 15) is 13.6 Å². The van der Waals surface area contributed by atoms with Crippen LogP contribution in [0.2, 0.25) is 0 Å². The molecule has 2 rings (SSSR count). The molecule has 88 valence electrons. The summed E-state index contributed by atoms with van der Waals surface area (Å²) in [7, 11) is 0. The number of aromatic nitrogens is 2. The minimum Gasteiger partial charge on any atom is -0.478 e. The van der Waals surface area contributed by atoms with Crippen LogP contribution in [0.3, 0.4) is 0 Å². The molecule has 0 aliphatic heterocycles. The number of rotatable bonds is 3. The molecule has 6 heteroatoms. The van der Waals surface area contributed by atoms with Gasteiger partial charge in [0.25, 0.3) is 6.43 Å². The quantitative estimate of drug-likeness (QED) is 0.868. The Balaban J connectivity index is 2.40. The molecule has 0 amide bonds. The summed E-state index contributed by atoms with van der Waals surface area (Å²) in [5.41, 5.74) is -0.846. The number of halogens is 2. The van der Waals surface area contributed by atoms with Crippen LogP contribution >= 0.6 is 0 Å². The van der Waals surface area contributed by atoms with E-state index in [0.29, 0.717) is 0 Å². The SMILES string of the molecule is O=C(O)c1cnn(C2CCCC2)c1C(F)F. The van der Waals surface area contributed by atoms with Gasteiger partial charge < -0.3 is 5.11 Å². The van der Waals surface area contributed by atoms with Gasteiger partial charge in [0.1, 0.15) is 11.3 Å². The van der Waals surface area contributed by atoms with Gasteiger partial charge in [-0.05, 0) is 12.8 Å². The third-order valence-corrected chi connectivity index (χ3v) is 2.94. The van der Waals surface area contributed by atoms with Crippen LogP contribution in [0.15, 0.2) is 6.20 Å². The van der Waals surface area contributed by atoms with Crippen molar-refractivity contribution in [3.05, 3.63) is 17.5 Å². The number of carboxylic acid groups (broad SMARTS) is 1. The average Bonchev–Trinajstić information content (AvgIpc) is 2.85. The molecule has 0 unspecified atom stereocenters. The van der Waals surface area contributed by atoms with E-state index in [1.807, 2.05) is 0 Å². The highest BCUT2D eigenvalue weighted by molar-refractivity contribution is 5.88. The van der Waals surface area contributed by atoms with Gasteiger partial charge in [0.2, 0.25) is 0 Å². The summed E-state index contributed by atoms with van der Waals surface area (Å²) in [5, 5.41) is 12.6. The maximum atomic E-state index is 12.8. The van der Waals surface area contributed by atoms with E-state index in [0.717, 1.165) is 31.9 Å². The van der Waals surface area contributed by atoms with Gasteiger partial charge in [-0.3, -0.25) is 4.68 Å². The van der Waals surface area contributed by atoms with Crippen molar-refractivity contribution in [1.82, 2.24) is 9.78 Å². The zero-order valence-electron chi connectivity index (χ0n) is 8.57. The molecule has 0 bridgehead atoms. The van der Waals surface area contributed by atoms with Crippen LogP contribution in [0, 0.1) is 0 Å². The zero-order valence-corrected chi connectivity index (χ0v) is 8.57. The van der Waals surface area contributed by atoms with Crippen LogP contribution < -0.4 is 0 Å². The second kappa shape index (κ2) is 4.19. The Bertz CT molecular complexity index is 398. The van der Waals surface area contributed by atoms with Gasteiger partial charge in [0.15, 0.2) is 0 Å². The van der Waals surface area contributed by atoms with Crippen molar-refractivity contribution in [2.75, 3.05) is 0 Å². The Morgan fingerprint density at radius 3 is 2.62 bits per heavy atom. The van der Waals surface area contributed by atoms with E-state index < -0.39 is 18.1 Å². The fraction of sp³-hybridized carbons (Fsp3) is 0.600. The first-order valence-electron chi connectivity index (χ1n) is 5.20. The van der Waals surface area contributed by atoms with Crippen LogP contribution in [0.4, 0.5) is 8.78 Å². The van der Waals surface area contributed by atoms with E-state index in [1.165, 1.54) is 4.68 Å². The molecule has 1 aromatic heterocycles. The van der Waals surface area contributed by atoms with E-state index in [2.05, 4.69) is 5.10 Å². The van der Waals surface area contributed by atoms with Gasteiger partial charge in [-0.2, -0.15) is 5.10 Å². The molecule has 1 aliphatic carbocycles. The molecule has 0 radical (unpaired) electrons. The molecule has 16 heavy (non-hydrogen) atoms. The van der Waals surface area contributed by atoms with Crippen molar-refractivity contribution in [3.8, 4) is 0 Å². The maximum Gasteiger partial charge on any atom is 0.339 e. The van der Waals surface area contributed by atoms with E-state index in [4.69, 9.17) is 5.11 Å². The van der Waals surface area contributed by atoms with Gasteiger partial charge in [0.05, 0.1) is 12.2 Å². The van der Waals surface area contributed by atoms with Gasteiger partial charge in [-0.15, -0.1) is 0 Å². The normalized spacial score (nSPS) is 17.2. The predicted octanol–water partition coefficient (Wildman–Crippen LogP) is 2.63. The lowest BCUT2D eigenvalue weighted by atomic mass is 10.2. The lowest BCUT2D eigenvalue weighted by Gasteiger charge is -2.13. The molecule has 1 fully saturated rings. The number of hydrogen-bond acceptors (Lipinski definition) is 2. The van der Waals surface area contributed by atoms with E-state index in [1.54, 1.807) is 0 Å². The van der Waals surface area contributed by atoms with Crippen LogP contribution in [-0.4, -0.2) is 20.9 Å². The third-order valence-electron chi connectivity index (χ3n) is 2.94. The fourth-order valence-electron chi connectivity index (χ4n) is 2.19. The predicted molar refractivity (Wildman–Crippen MR) is 51.6 cm³/mol. The number of carbonyl (C=O) groups is 1. The van der Waals surface area contributed by atoms with Crippen molar-refractivity contribution in [3.63, 3.8) is 0 Å². The minimum atomic E-state index is -2.80. The van der Waals surface area contributed by atoms with Crippen LogP contribution in [0.5, 0.6) is 0 Å². The Morgan fingerprint density at radius 2 is 2.12 bits per heavy atom. The van der Waals surface area contributed by atoms with E-state index in [-0.39, 0.29) is 11.6 Å². The molecule has 1 N–H and O–H groups in total. The zero-order chi connectivity index (χ0) is 11.7. The molecule has 4 nitrogen and oxygen atoms in total. The summed E-state index contributed by atoms with van der Waals surface area (Å²) in [4.78, 5) is 10.8. The second-order valence-electron chi connectivity index (χ2n) is 3.93. The number of nitrogens with zero attached hydrogens (tertiary/aromatic N) is 2. The van der Waals surface area contributed by atoms with Crippen molar-refractivity contribution >= 4 is 5.97 Å². The maximum absolute atomic E-state index is 12.8. The molecule has 1 saturated carbocycles. The van der Waals surface area contributed by atoms with Gasteiger partial charge in [0, 0.05) is 0 Å². The van der Waals surface area contributed by atoms with Crippen molar-refractivity contribution < 1.29 is 18.7 Å². The monoisotopic (exact) mass is 230 g/mol. The molecule has 1 aromatic rings. The number of hydrogen-bond donors (Lipinski definition) is 1. The second-order valence-corrected chi connectivity index (χ2v) is 3.93. The minimum absolute atomic E-state index is 0.0721. The highest BCUT2D eigenvalue weighted by Gasteiger charge is 2.29. The van der Waals surface area contributed by atoms with E-state index >= 15 is 0 Å². The lowest BCUT2D eigenvalue weighted by molar-refractivity contribution is 0.0681. The van der Waals surface area contributed by atoms with Crippen LogP contribution in [-0.2, 0) is 0 Å². The number of alkyl halides is 2. The first kappa shape index (κ1) is 11.0. The Kier molecular flexibility index (Phi) is 2.89. The molecular formula is C10H12F2N2O2. The molecule has 0 aromatic carbocycles. The fourth-order valence-corrected chi connectivity index (χ4v) is 2.19. The molecule has 1 heterocycles. The summed E-state index contributed by atoms with van der Waals surface area (Å²) in [6, 6.07) is -0.0721. The Morgan fingerprint density at radius 1 is 1.50 bits per heavy atom. The van der Waals surface area contributed by atoms with Crippen molar-refractivity contribution in [2.45, 2.75) is 38.2 Å². The Labute approximate surface area is 90.9 Å².